The van der Waals surface area contributed by atoms with Gasteiger partial charge in [0.2, 0.25) is 0 Å². The van der Waals surface area contributed by atoms with Crippen molar-refractivity contribution in [2.45, 2.75) is 16.1 Å². The Balaban J connectivity index is 1.98. The third-order valence-corrected chi connectivity index (χ3v) is 6.08. The monoisotopic (exact) mass is 304 g/mol. The fourth-order valence-electron chi connectivity index (χ4n) is 2.76. The second kappa shape index (κ2) is 5.07. The maximum atomic E-state index is 13.3. The molecule has 0 spiro atoms. The fourth-order valence-corrected chi connectivity index (χ4v) is 4.89. The zero-order valence-corrected chi connectivity index (χ0v) is 11.8. The van der Waals surface area contributed by atoms with E-state index in [9.17, 15) is 17.6 Å². The molecule has 3 unspecified atom stereocenters. The molecule has 1 saturated carbocycles. The molecule has 0 radical (unpaired) electrons. The topological polar surface area (TPSA) is 51.2 Å². The summed E-state index contributed by atoms with van der Waals surface area (Å²) in [6.45, 7) is 0. The molecule has 3 rings (SSSR count). The number of hydrogen-bond acceptors (Lipinski definition) is 3. The third-order valence-electron chi connectivity index (χ3n) is 3.83. The van der Waals surface area contributed by atoms with Gasteiger partial charge in [-0.25, -0.2) is 12.8 Å². The molecular weight excluding hydrogens is 291 g/mol. The molecule has 1 aliphatic rings. The van der Waals surface area contributed by atoms with Crippen LogP contribution in [0.25, 0.3) is 0 Å². The molecule has 2 aromatic rings. The molecule has 21 heavy (non-hydrogen) atoms. The molecule has 1 aliphatic carbocycles. The van der Waals surface area contributed by atoms with Crippen molar-refractivity contribution in [3.05, 3.63) is 66.0 Å². The van der Waals surface area contributed by atoms with E-state index in [1.54, 1.807) is 24.3 Å². The Morgan fingerprint density at radius 3 is 2.33 bits per heavy atom. The largest absolute Gasteiger partial charge is 0.303 e. The van der Waals surface area contributed by atoms with Crippen molar-refractivity contribution in [1.82, 2.24) is 0 Å². The van der Waals surface area contributed by atoms with E-state index in [2.05, 4.69) is 0 Å². The van der Waals surface area contributed by atoms with Gasteiger partial charge in [0.1, 0.15) is 12.1 Å². The van der Waals surface area contributed by atoms with Gasteiger partial charge in [0, 0.05) is 11.8 Å². The molecule has 0 amide bonds. The number of rotatable bonds is 4. The number of aldehydes is 1. The fraction of sp³-hybridized carbons (Fsp3) is 0.188. The van der Waals surface area contributed by atoms with Gasteiger partial charge in [0.15, 0.2) is 9.84 Å². The van der Waals surface area contributed by atoms with E-state index in [1.165, 1.54) is 30.3 Å². The molecule has 0 heterocycles. The van der Waals surface area contributed by atoms with Crippen LogP contribution in [0.3, 0.4) is 0 Å². The van der Waals surface area contributed by atoms with Crippen LogP contribution < -0.4 is 0 Å². The first-order valence-corrected chi connectivity index (χ1v) is 8.10. The Bertz CT molecular complexity index is 771. The molecule has 0 aromatic heterocycles. The van der Waals surface area contributed by atoms with Gasteiger partial charge in [-0.05, 0) is 29.8 Å². The smallest absolute Gasteiger partial charge is 0.182 e. The highest BCUT2D eigenvalue weighted by Crippen LogP contribution is 2.52. The summed E-state index contributed by atoms with van der Waals surface area (Å²) in [7, 11) is -3.59. The molecule has 108 valence electrons. The molecule has 3 atom stereocenters. The predicted molar refractivity (Wildman–Crippen MR) is 76.1 cm³/mol. The summed E-state index contributed by atoms with van der Waals surface area (Å²) in [6, 6.07) is 13.8. The zero-order valence-electron chi connectivity index (χ0n) is 11.0. The quantitative estimate of drug-likeness (QED) is 0.816. The van der Waals surface area contributed by atoms with E-state index in [0.29, 0.717) is 11.8 Å². The summed E-state index contributed by atoms with van der Waals surface area (Å²) >= 11 is 0. The molecule has 3 nitrogen and oxygen atoms in total. The minimum atomic E-state index is -3.59. The van der Waals surface area contributed by atoms with Gasteiger partial charge in [-0.1, -0.05) is 30.3 Å². The van der Waals surface area contributed by atoms with E-state index >= 15 is 0 Å². The summed E-state index contributed by atoms with van der Waals surface area (Å²) < 4.78 is 38.5. The van der Waals surface area contributed by atoms with Gasteiger partial charge in [0.05, 0.1) is 10.1 Å². The van der Waals surface area contributed by atoms with E-state index in [4.69, 9.17) is 0 Å². The van der Waals surface area contributed by atoms with Gasteiger partial charge in [-0.15, -0.1) is 0 Å². The van der Waals surface area contributed by atoms with Crippen LogP contribution in [0.1, 0.15) is 11.5 Å². The highest BCUT2D eigenvalue weighted by molar-refractivity contribution is 7.92. The lowest BCUT2D eigenvalue weighted by atomic mass is 10.1. The molecule has 0 bridgehead atoms. The van der Waals surface area contributed by atoms with Crippen molar-refractivity contribution < 1.29 is 17.6 Å². The van der Waals surface area contributed by atoms with Crippen LogP contribution in [0, 0.1) is 11.7 Å². The van der Waals surface area contributed by atoms with E-state index in [1.807, 2.05) is 0 Å². The highest BCUT2D eigenvalue weighted by Gasteiger charge is 2.59. The Kier molecular flexibility index (Phi) is 3.37. The number of halogens is 1. The van der Waals surface area contributed by atoms with E-state index < -0.39 is 32.7 Å². The second-order valence-electron chi connectivity index (χ2n) is 5.12. The number of carbonyl (C=O) groups excluding carboxylic acids is 1. The molecule has 2 aromatic carbocycles. The SMILES string of the molecule is O=CC1C(c2cccc(F)c2)C1S(=O)(=O)c1ccccc1. The van der Waals surface area contributed by atoms with Crippen molar-refractivity contribution in [1.29, 1.82) is 0 Å². The van der Waals surface area contributed by atoms with Gasteiger partial charge in [0.25, 0.3) is 0 Å². The first-order valence-electron chi connectivity index (χ1n) is 6.55. The van der Waals surface area contributed by atoms with Gasteiger partial charge >= 0.3 is 0 Å². The number of hydrogen-bond donors (Lipinski definition) is 0. The predicted octanol–water partition coefficient (Wildman–Crippen LogP) is 2.58. The first kappa shape index (κ1) is 13.9. The number of carbonyl (C=O) groups is 1. The second-order valence-corrected chi connectivity index (χ2v) is 7.22. The Labute approximate surface area is 122 Å². The molecule has 0 N–H and O–H groups in total. The average molecular weight is 304 g/mol. The van der Waals surface area contributed by atoms with Gasteiger partial charge in [-0.3, -0.25) is 0 Å². The van der Waals surface area contributed by atoms with Gasteiger partial charge < -0.3 is 4.79 Å². The number of sulfone groups is 1. The molecule has 1 fully saturated rings. The van der Waals surface area contributed by atoms with Crippen LogP contribution in [0.5, 0.6) is 0 Å². The Hall–Kier alpha value is -2.01. The van der Waals surface area contributed by atoms with Crippen molar-refractivity contribution in [3.63, 3.8) is 0 Å². The summed E-state index contributed by atoms with van der Waals surface area (Å²) in [5, 5.41) is -0.806. The van der Waals surface area contributed by atoms with Gasteiger partial charge in [-0.2, -0.15) is 0 Å². The van der Waals surface area contributed by atoms with Crippen molar-refractivity contribution in [2.24, 2.45) is 5.92 Å². The van der Waals surface area contributed by atoms with Crippen LogP contribution in [0.15, 0.2) is 59.5 Å². The van der Waals surface area contributed by atoms with Crippen LogP contribution in [-0.4, -0.2) is 20.0 Å². The number of benzene rings is 2. The zero-order chi connectivity index (χ0) is 15.0. The lowest BCUT2D eigenvalue weighted by Crippen LogP contribution is -2.10. The lowest BCUT2D eigenvalue weighted by Gasteiger charge is -2.04. The average Bonchev–Trinajstić information content (AvgIpc) is 3.23. The lowest BCUT2D eigenvalue weighted by molar-refractivity contribution is -0.108. The minimum Gasteiger partial charge on any atom is -0.303 e. The summed E-state index contributed by atoms with van der Waals surface area (Å²) in [4.78, 5) is 11.4. The van der Waals surface area contributed by atoms with Crippen LogP contribution >= 0.6 is 0 Å². The first-order chi connectivity index (χ1) is 10.1. The van der Waals surface area contributed by atoms with Crippen molar-refractivity contribution in [2.75, 3.05) is 0 Å². The summed E-state index contributed by atoms with van der Waals surface area (Å²) in [5.74, 6) is -1.51. The summed E-state index contributed by atoms with van der Waals surface area (Å²) in [5.41, 5.74) is 0.552. The standard InChI is InChI=1S/C16H13FO3S/c17-12-6-4-5-11(9-12)15-14(10-18)16(15)21(19,20)13-7-2-1-3-8-13/h1-10,14-16H. The highest BCUT2D eigenvalue weighted by atomic mass is 32.2. The Morgan fingerprint density at radius 1 is 1.00 bits per heavy atom. The van der Waals surface area contributed by atoms with Crippen LogP contribution in [-0.2, 0) is 14.6 Å². The third kappa shape index (κ3) is 2.38. The summed E-state index contributed by atoms with van der Waals surface area (Å²) in [6.07, 6.45) is 0.654. The van der Waals surface area contributed by atoms with Crippen LogP contribution in [0.4, 0.5) is 4.39 Å². The normalized spacial score (nSPS) is 24.5. The maximum absolute atomic E-state index is 13.3. The molecule has 0 saturated heterocycles. The maximum Gasteiger partial charge on any atom is 0.182 e. The van der Waals surface area contributed by atoms with E-state index in [-0.39, 0.29) is 4.90 Å². The minimum absolute atomic E-state index is 0.195. The molecule has 5 heteroatoms. The van der Waals surface area contributed by atoms with Crippen molar-refractivity contribution in [3.8, 4) is 0 Å². The van der Waals surface area contributed by atoms with Crippen LogP contribution in [0.2, 0.25) is 0 Å². The molecule has 0 aliphatic heterocycles. The Morgan fingerprint density at radius 2 is 1.71 bits per heavy atom. The van der Waals surface area contributed by atoms with E-state index in [0.717, 1.165) is 0 Å². The molecular formula is C16H13FO3S. The van der Waals surface area contributed by atoms with Crippen molar-refractivity contribution >= 4 is 16.1 Å².